The molecule has 0 fully saturated rings. The molecule has 3 aromatic rings. The Bertz CT molecular complexity index is 906. The monoisotopic (exact) mass is 329 g/mol. The van der Waals surface area contributed by atoms with Gasteiger partial charge in [0.05, 0.1) is 12.0 Å². The van der Waals surface area contributed by atoms with Crippen molar-refractivity contribution in [2.45, 2.75) is 11.6 Å². The van der Waals surface area contributed by atoms with Crippen LogP contribution in [0.1, 0.15) is 5.56 Å². The summed E-state index contributed by atoms with van der Waals surface area (Å²) < 4.78 is 28.4. The number of nitrogens with zero attached hydrogens (tertiary/aromatic N) is 4. The van der Waals surface area contributed by atoms with E-state index in [2.05, 4.69) is 19.7 Å². The molecule has 0 aromatic carbocycles. The van der Waals surface area contributed by atoms with Gasteiger partial charge in [-0.05, 0) is 29.8 Å². The maximum Gasteiger partial charge on any atom is 0.259 e. The van der Waals surface area contributed by atoms with E-state index in [0.29, 0.717) is 0 Å². The fourth-order valence-electron chi connectivity index (χ4n) is 2.04. The molecule has 0 atom stereocenters. The second-order valence-corrected chi connectivity index (χ2v) is 6.71. The topological polar surface area (TPSA) is 89.8 Å². The summed E-state index contributed by atoms with van der Waals surface area (Å²) in [6.45, 7) is 0.161. The Labute approximate surface area is 134 Å². The van der Waals surface area contributed by atoms with E-state index >= 15 is 0 Å². The minimum atomic E-state index is -3.63. The number of rotatable bonds is 5. The van der Waals surface area contributed by atoms with Gasteiger partial charge in [0.1, 0.15) is 0 Å². The van der Waals surface area contributed by atoms with E-state index in [0.717, 1.165) is 16.8 Å². The van der Waals surface area contributed by atoms with E-state index in [4.69, 9.17) is 0 Å². The first-order valence-corrected chi connectivity index (χ1v) is 8.36. The molecule has 0 bridgehead atoms. The zero-order valence-corrected chi connectivity index (χ0v) is 13.2. The van der Waals surface area contributed by atoms with Crippen molar-refractivity contribution in [1.82, 2.24) is 24.2 Å². The minimum absolute atomic E-state index is 0.00142. The Hall–Kier alpha value is -2.58. The fraction of sp³-hybridized carbons (Fsp3) is 0.133. The number of hydrogen-bond acceptors (Lipinski definition) is 5. The van der Waals surface area contributed by atoms with Gasteiger partial charge < -0.3 is 4.57 Å². The van der Waals surface area contributed by atoms with Gasteiger partial charge in [-0.2, -0.15) is 0 Å². The predicted octanol–water partition coefficient (Wildman–Crippen LogP) is 1.36. The van der Waals surface area contributed by atoms with Crippen LogP contribution in [0.15, 0.2) is 60.4 Å². The van der Waals surface area contributed by atoms with Crippen LogP contribution in [-0.4, -0.2) is 27.9 Å². The molecule has 1 N–H and O–H groups in total. The first-order valence-electron chi connectivity index (χ1n) is 6.87. The number of aryl methyl sites for hydroxylation is 1. The highest BCUT2D eigenvalue weighted by atomic mass is 32.2. The zero-order chi connectivity index (χ0) is 16.3. The van der Waals surface area contributed by atoms with Crippen LogP contribution in [0.25, 0.3) is 11.3 Å². The summed E-state index contributed by atoms with van der Waals surface area (Å²) in [6, 6.07) is 7.32. The van der Waals surface area contributed by atoms with Crippen molar-refractivity contribution >= 4 is 10.0 Å². The minimum Gasteiger partial charge on any atom is -0.339 e. The number of pyridine rings is 2. The lowest BCUT2D eigenvalue weighted by molar-refractivity contribution is 0.578. The maximum absolute atomic E-state index is 12.2. The lowest BCUT2D eigenvalue weighted by atomic mass is 10.1. The molecule has 0 aliphatic rings. The van der Waals surface area contributed by atoms with Crippen molar-refractivity contribution in [3.63, 3.8) is 0 Å². The molecule has 0 saturated heterocycles. The second kappa shape index (κ2) is 6.27. The van der Waals surface area contributed by atoms with E-state index in [9.17, 15) is 8.42 Å². The molecule has 0 aliphatic carbocycles. The first-order chi connectivity index (χ1) is 11.0. The number of sulfonamides is 1. The number of imidazole rings is 1. The lowest BCUT2D eigenvalue weighted by Gasteiger charge is -2.06. The van der Waals surface area contributed by atoms with Gasteiger partial charge in [0.15, 0.2) is 5.03 Å². The van der Waals surface area contributed by atoms with E-state index in [-0.39, 0.29) is 11.6 Å². The largest absolute Gasteiger partial charge is 0.339 e. The molecule has 3 rings (SSSR count). The number of aromatic nitrogens is 4. The summed E-state index contributed by atoms with van der Waals surface area (Å²) in [4.78, 5) is 12.2. The molecule has 3 aromatic heterocycles. The van der Waals surface area contributed by atoms with Crippen LogP contribution in [0, 0.1) is 0 Å². The summed E-state index contributed by atoms with van der Waals surface area (Å²) in [5, 5.41) is 0.00142. The third-order valence-electron chi connectivity index (χ3n) is 3.20. The van der Waals surface area contributed by atoms with Crippen molar-refractivity contribution < 1.29 is 8.42 Å². The van der Waals surface area contributed by atoms with Crippen LogP contribution in [-0.2, 0) is 23.6 Å². The van der Waals surface area contributed by atoms with E-state index in [1.54, 1.807) is 36.3 Å². The summed E-state index contributed by atoms with van der Waals surface area (Å²) in [7, 11) is -1.91. The van der Waals surface area contributed by atoms with Crippen LogP contribution >= 0.6 is 0 Å². The van der Waals surface area contributed by atoms with Crippen LogP contribution in [0.5, 0.6) is 0 Å². The molecule has 0 spiro atoms. The standard InChI is InChI=1S/C15H15N5O2S/c1-20-10-15(18-11-20)23(21,22)19-8-12-4-6-17-14(7-12)13-3-2-5-16-9-13/h2-7,9-11,19H,8H2,1H3. The van der Waals surface area contributed by atoms with E-state index in [1.807, 2.05) is 18.2 Å². The highest BCUT2D eigenvalue weighted by Crippen LogP contribution is 2.16. The Balaban J connectivity index is 1.76. The van der Waals surface area contributed by atoms with Gasteiger partial charge in [0.25, 0.3) is 10.0 Å². The van der Waals surface area contributed by atoms with Crippen molar-refractivity contribution in [3.8, 4) is 11.3 Å². The third-order valence-corrected chi connectivity index (χ3v) is 4.49. The van der Waals surface area contributed by atoms with Gasteiger partial charge in [-0.25, -0.2) is 18.1 Å². The van der Waals surface area contributed by atoms with Gasteiger partial charge in [0, 0.05) is 43.9 Å². The van der Waals surface area contributed by atoms with Crippen LogP contribution in [0.4, 0.5) is 0 Å². The summed E-state index contributed by atoms with van der Waals surface area (Å²) >= 11 is 0. The van der Waals surface area contributed by atoms with Crippen LogP contribution in [0.3, 0.4) is 0 Å². The van der Waals surface area contributed by atoms with Gasteiger partial charge in [-0.3, -0.25) is 9.97 Å². The number of hydrogen-bond donors (Lipinski definition) is 1. The molecular formula is C15H15N5O2S. The zero-order valence-electron chi connectivity index (χ0n) is 12.4. The molecular weight excluding hydrogens is 314 g/mol. The molecule has 7 nitrogen and oxygen atoms in total. The first kappa shape index (κ1) is 15.3. The van der Waals surface area contributed by atoms with E-state index in [1.165, 1.54) is 12.5 Å². The predicted molar refractivity (Wildman–Crippen MR) is 84.7 cm³/mol. The van der Waals surface area contributed by atoms with Crippen molar-refractivity contribution in [2.75, 3.05) is 0 Å². The Morgan fingerprint density at radius 1 is 1.22 bits per heavy atom. The van der Waals surface area contributed by atoms with Crippen molar-refractivity contribution in [1.29, 1.82) is 0 Å². The normalized spacial score (nSPS) is 11.5. The average Bonchev–Trinajstić information content (AvgIpc) is 3.02. The SMILES string of the molecule is Cn1cnc(S(=O)(=O)NCc2ccnc(-c3cccnc3)c2)c1. The lowest BCUT2D eigenvalue weighted by Crippen LogP contribution is -2.23. The molecule has 0 amide bonds. The summed E-state index contributed by atoms with van der Waals surface area (Å²) in [6.07, 6.45) is 7.95. The Morgan fingerprint density at radius 3 is 2.78 bits per heavy atom. The highest BCUT2D eigenvalue weighted by Gasteiger charge is 2.16. The number of nitrogens with one attached hydrogen (secondary N) is 1. The smallest absolute Gasteiger partial charge is 0.259 e. The van der Waals surface area contributed by atoms with Gasteiger partial charge in [-0.15, -0.1) is 0 Å². The quantitative estimate of drug-likeness (QED) is 0.763. The van der Waals surface area contributed by atoms with Crippen molar-refractivity contribution in [3.05, 3.63) is 60.9 Å². The summed E-state index contributed by atoms with van der Waals surface area (Å²) in [5.41, 5.74) is 2.42. The van der Waals surface area contributed by atoms with Gasteiger partial charge >= 0.3 is 0 Å². The second-order valence-electron chi connectivity index (χ2n) is 4.99. The highest BCUT2D eigenvalue weighted by molar-refractivity contribution is 7.89. The molecule has 0 saturated carbocycles. The molecule has 0 radical (unpaired) electrons. The fourth-order valence-corrected chi connectivity index (χ4v) is 3.03. The molecule has 0 aliphatic heterocycles. The third kappa shape index (κ3) is 3.61. The molecule has 23 heavy (non-hydrogen) atoms. The maximum atomic E-state index is 12.2. The van der Waals surface area contributed by atoms with Crippen LogP contribution < -0.4 is 4.72 Å². The van der Waals surface area contributed by atoms with E-state index < -0.39 is 10.0 Å². The molecule has 3 heterocycles. The molecule has 118 valence electrons. The summed E-state index contributed by atoms with van der Waals surface area (Å²) in [5.74, 6) is 0. The molecule has 0 unspecified atom stereocenters. The Kier molecular flexibility index (Phi) is 4.18. The Morgan fingerprint density at radius 2 is 2.09 bits per heavy atom. The van der Waals surface area contributed by atoms with Crippen molar-refractivity contribution in [2.24, 2.45) is 7.05 Å². The average molecular weight is 329 g/mol. The van der Waals surface area contributed by atoms with Gasteiger partial charge in [0.2, 0.25) is 0 Å². The molecule has 8 heteroatoms. The van der Waals surface area contributed by atoms with Crippen LogP contribution in [0.2, 0.25) is 0 Å². The van der Waals surface area contributed by atoms with Gasteiger partial charge in [-0.1, -0.05) is 0 Å².